The van der Waals surface area contributed by atoms with Gasteiger partial charge in [0.25, 0.3) is 0 Å². The number of hydrogen-bond donors (Lipinski definition) is 1. The fraction of sp³-hybridized carbons (Fsp3) is 0.741. The number of aliphatic hydroxyl groups is 1. The molecule has 0 radical (unpaired) electrons. The van der Waals surface area contributed by atoms with Gasteiger partial charge in [0.15, 0.2) is 6.10 Å². The van der Waals surface area contributed by atoms with Gasteiger partial charge in [-0.2, -0.15) is 0 Å². The van der Waals surface area contributed by atoms with Crippen LogP contribution < -0.4 is 0 Å². The smallest absolute Gasteiger partial charge is 0.306 e. The van der Waals surface area contributed by atoms with Crippen LogP contribution >= 0.6 is 0 Å². The topological polar surface area (TPSA) is 72.8 Å². The van der Waals surface area contributed by atoms with Crippen molar-refractivity contribution in [3.8, 4) is 0 Å². The molecule has 0 spiro atoms. The van der Waals surface area contributed by atoms with Gasteiger partial charge in [-0.3, -0.25) is 9.59 Å². The molecule has 0 aliphatic rings. The summed E-state index contributed by atoms with van der Waals surface area (Å²) in [6, 6.07) is 0. The van der Waals surface area contributed by atoms with E-state index in [2.05, 4.69) is 86.8 Å². The molecule has 0 aromatic heterocycles. The molecule has 0 bridgehead atoms. The number of rotatable bonds is 45. The van der Waals surface area contributed by atoms with Crippen LogP contribution in [-0.4, -0.2) is 36.4 Å². The van der Waals surface area contributed by atoms with E-state index in [-0.39, 0.29) is 25.2 Å². The van der Waals surface area contributed by atoms with E-state index >= 15 is 0 Å². The molecule has 1 atom stereocenters. The lowest BCUT2D eigenvalue weighted by atomic mass is 10.0. The van der Waals surface area contributed by atoms with E-state index in [1.807, 2.05) is 0 Å². The zero-order valence-electron chi connectivity index (χ0n) is 38.7. The first-order valence-electron chi connectivity index (χ1n) is 25.0. The number of ether oxygens (including phenoxy) is 2. The quantitative estimate of drug-likeness (QED) is 0.0376. The zero-order chi connectivity index (χ0) is 42.8. The fourth-order valence-electron chi connectivity index (χ4n) is 7.03. The van der Waals surface area contributed by atoms with Gasteiger partial charge in [0.05, 0.1) is 6.61 Å². The number of esters is 2. The Kier molecular flexibility index (Phi) is 47.5. The zero-order valence-corrected chi connectivity index (χ0v) is 38.7. The summed E-state index contributed by atoms with van der Waals surface area (Å²) in [5, 5.41) is 9.52. The summed E-state index contributed by atoms with van der Waals surface area (Å²) < 4.78 is 10.5. The largest absolute Gasteiger partial charge is 0.462 e. The third-order valence-corrected chi connectivity index (χ3v) is 10.8. The average molecular weight is 823 g/mol. The van der Waals surface area contributed by atoms with Crippen LogP contribution in [0.15, 0.2) is 72.9 Å². The molecular weight excluding hydrogens is 729 g/mol. The Morgan fingerprint density at radius 3 is 1.10 bits per heavy atom. The molecule has 0 fully saturated rings. The summed E-state index contributed by atoms with van der Waals surface area (Å²) in [7, 11) is 0. The van der Waals surface area contributed by atoms with E-state index in [0.29, 0.717) is 12.8 Å². The van der Waals surface area contributed by atoms with Crippen molar-refractivity contribution >= 4 is 11.9 Å². The Hall–Kier alpha value is -2.66. The van der Waals surface area contributed by atoms with Gasteiger partial charge in [-0.1, -0.05) is 234 Å². The Labute approximate surface area is 365 Å². The molecule has 0 heterocycles. The maximum atomic E-state index is 12.2. The lowest BCUT2D eigenvalue weighted by Crippen LogP contribution is -2.28. The molecule has 0 rings (SSSR count). The minimum absolute atomic E-state index is 0.0641. The number of aliphatic hydroxyl groups excluding tert-OH is 1. The van der Waals surface area contributed by atoms with E-state index in [4.69, 9.17) is 9.47 Å². The second-order valence-electron chi connectivity index (χ2n) is 16.5. The van der Waals surface area contributed by atoms with Crippen molar-refractivity contribution in [2.24, 2.45) is 0 Å². The van der Waals surface area contributed by atoms with Crippen LogP contribution in [0.4, 0.5) is 0 Å². The molecule has 0 aromatic rings. The summed E-state index contributed by atoms with van der Waals surface area (Å²) in [6.07, 6.45) is 67.6. The van der Waals surface area contributed by atoms with Crippen LogP contribution in [0.5, 0.6) is 0 Å². The summed E-state index contributed by atoms with van der Waals surface area (Å²) in [5.41, 5.74) is 0. The minimum Gasteiger partial charge on any atom is -0.462 e. The van der Waals surface area contributed by atoms with Crippen LogP contribution in [0.3, 0.4) is 0 Å². The lowest BCUT2D eigenvalue weighted by Gasteiger charge is -2.15. The third-order valence-electron chi connectivity index (χ3n) is 10.8. The van der Waals surface area contributed by atoms with E-state index < -0.39 is 6.10 Å². The monoisotopic (exact) mass is 823 g/mol. The van der Waals surface area contributed by atoms with Crippen LogP contribution in [0.2, 0.25) is 0 Å². The first-order valence-corrected chi connectivity index (χ1v) is 25.0. The number of allylic oxidation sites excluding steroid dienone is 12. The fourth-order valence-corrected chi connectivity index (χ4v) is 7.03. The lowest BCUT2D eigenvalue weighted by molar-refractivity contribution is -0.161. The van der Waals surface area contributed by atoms with E-state index in [1.165, 1.54) is 135 Å². The molecule has 5 heteroatoms. The van der Waals surface area contributed by atoms with Gasteiger partial charge in [0, 0.05) is 12.8 Å². The van der Waals surface area contributed by atoms with Crippen LogP contribution in [0, 0.1) is 0 Å². The summed E-state index contributed by atoms with van der Waals surface area (Å²) >= 11 is 0. The van der Waals surface area contributed by atoms with Crippen molar-refractivity contribution in [2.45, 2.75) is 245 Å². The molecule has 0 saturated heterocycles. The molecule has 5 nitrogen and oxygen atoms in total. The molecule has 0 aliphatic heterocycles. The number of carbonyl (C=O) groups excluding carboxylic acids is 2. The molecule has 59 heavy (non-hydrogen) atoms. The third kappa shape index (κ3) is 47.9. The molecule has 0 saturated carbocycles. The van der Waals surface area contributed by atoms with Gasteiger partial charge in [0.2, 0.25) is 0 Å². The highest BCUT2D eigenvalue weighted by molar-refractivity contribution is 5.70. The highest BCUT2D eigenvalue weighted by Crippen LogP contribution is 2.16. The maximum absolute atomic E-state index is 12.2. The standard InChI is InChI=1S/C54H94O5/c1-3-5-7-9-11-12-13-14-15-16-17-18-19-20-21-22-23-24-25-26-27-28-29-30-31-32-33-34-35-36-37-38-39-40-41-42-43-45-47-49-54(57)59-52(50-55)51-58-53(56)48-46-44-10-8-6-4-2/h5,7,11-12,14-15,17-18,20-21,23-24,52,55H,3-4,6,8-10,13,16,19,22,25-51H2,1-2H3/b7-5-,12-11-,15-14-,18-17-,21-20-,24-23-. The molecule has 1 N–H and O–H groups in total. The van der Waals surface area contributed by atoms with Crippen LogP contribution in [0.25, 0.3) is 0 Å². The molecule has 0 aliphatic carbocycles. The van der Waals surface area contributed by atoms with Crippen LogP contribution in [0.1, 0.15) is 239 Å². The van der Waals surface area contributed by atoms with Crippen LogP contribution in [-0.2, 0) is 19.1 Å². The van der Waals surface area contributed by atoms with Gasteiger partial charge in [-0.05, 0) is 64.2 Å². The Balaban J connectivity index is 3.40. The van der Waals surface area contributed by atoms with Crippen molar-refractivity contribution in [1.82, 2.24) is 0 Å². The van der Waals surface area contributed by atoms with Crippen molar-refractivity contribution in [3.05, 3.63) is 72.9 Å². The molecule has 0 amide bonds. The number of hydrogen-bond acceptors (Lipinski definition) is 5. The number of unbranched alkanes of at least 4 members (excludes halogenated alkanes) is 25. The SMILES string of the molecule is CC/C=C\C/C=C\C/C=C\C/C=C\C/C=C\C/C=C\CCCCCCCCCCCCCCCCCCCCCCC(=O)OC(CO)COC(=O)CCCCCCCC. The second kappa shape index (κ2) is 49.7. The maximum Gasteiger partial charge on any atom is 0.306 e. The van der Waals surface area contributed by atoms with Crippen molar-refractivity contribution < 1.29 is 24.2 Å². The molecule has 340 valence electrons. The van der Waals surface area contributed by atoms with Gasteiger partial charge in [-0.15, -0.1) is 0 Å². The Morgan fingerprint density at radius 1 is 0.407 bits per heavy atom. The Morgan fingerprint density at radius 2 is 0.729 bits per heavy atom. The highest BCUT2D eigenvalue weighted by atomic mass is 16.6. The van der Waals surface area contributed by atoms with Gasteiger partial charge >= 0.3 is 11.9 Å². The van der Waals surface area contributed by atoms with E-state index in [1.54, 1.807) is 0 Å². The van der Waals surface area contributed by atoms with Crippen molar-refractivity contribution in [2.75, 3.05) is 13.2 Å². The van der Waals surface area contributed by atoms with Crippen molar-refractivity contribution in [3.63, 3.8) is 0 Å². The molecular formula is C54H94O5. The summed E-state index contributed by atoms with van der Waals surface area (Å²) in [6.45, 7) is 3.96. The normalized spacial score (nSPS) is 12.8. The minimum atomic E-state index is -0.766. The molecule has 0 aromatic carbocycles. The average Bonchev–Trinajstić information content (AvgIpc) is 3.24. The van der Waals surface area contributed by atoms with Crippen molar-refractivity contribution in [1.29, 1.82) is 0 Å². The number of carbonyl (C=O) groups is 2. The Bertz CT molecular complexity index is 1070. The van der Waals surface area contributed by atoms with Gasteiger partial charge < -0.3 is 14.6 Å². The first-order chi connectivity index (χ1) is 29.1. The second-order valence-corrected chi connectivity index (χ2v) is 16.5. The predicted molar refractivity (Wildman–Crippen MR) is 256 cm³/mol. The predicted octanol–water partition coefficient (Wildman–Crippen LogP) is 16.5. The highest BCUT2D eigenvalue weighted by Gasteiger charge is 2.16. The van der Waals surface area contributed by atoms with Gasteiger partial charge in [0.1, 0.15) is 6.61 Å². The molecule has 1 unspecified atom stereocenters. The van der Waals surface area contributed by atoms with Gasteiger partial charge in [-0.25, -0.2) is 0 Å². The van der Waals surface area contributed by atoms with E-state index in [9.17, 15) is 14.7 Å². The first kappa shape index (κ1) is 56.3. The van der Waals surface area contributed by atoms with E-state index in [0.717, 1.165) is 77.0 Å². The summed E-state index contributed by atoms with van der Waals surface area (Å²) in [5.74, 6) is -0.595. The summed E-state index contributed by atoms with van der Waals surface area (Å²) in [4.78, 5) is 24.1.